The number of halogens is 2. The van der Waals surface area contributed by atoms with Crippen LogP contribution in [0.15, 0.2) is 18.2 Å². The van der Waals surface area contributed by atoms with E-state index >= 15 is 0 Å². The molecule has 1 N–H and O–H groups in total. The second-order valence-corrected chi connectivity index (χ2v) is 4.38. The lowest BCUT2D eigenvalue weighted by atomic mass is 9.89. The zero-order valence-electron chi connectivity index (χ0n) is 9.70. The fourth-order valence-electron chi connectivity index (χ4n) is 2.42. The first-order chi connectivity index (χ1) is 8.13. The minimum atomic E-state index is -0.928. The van der Waals surface area contributed by atoms with Gasteiger partial charge in [0.1, 0.15) is 11.6 Å². The standard InChI is InChI=1S/C13H16F2O2/c1-2-12-10(5-6-17-12)13(16)9-4-3-8(14)7-11(9)15/h3-4,7,10,12-13,16H,2,5-6H2,1H3. The number of aliphatic hydroxyl groups is 1. The Kier molecular flexibility index (Phi) is 3.74. The van der Waals surface area contributed by atoms with Crippen LogP contribution in [0.1, 0.15) is 31.4 Å². The molecule has 0 bridgehead atoms. The molecule has 1 saturated heterocycles. The molecule has 0 spiro atoms. The van der Waals surface area contributed by atoms with Crippen LogP contribution in [0.25, 0.3) is 0 Å². The molecule has 1 aliphatic heterocycles. The fourth-order valence-corrected chi connectivity index (χ4v) is 2.42. The third-order valence-electron chi connectivity index (χ3n) is 3.35. The molecule has 1 aliphatic rings. The normalized spacial score (nSPS) is 26.1. The van der Waals surface area contributed by atoms with Gasteiger partial charge in [-0.25, -0.2) is 8.78 Å². The van der Waals surface area contributed by atoms with E-state index in [0.717, 1.165) is 12.5 Å². The minimum absolute atomic E-state index is 0.0468. The molecule has 1 fully saturated rings. The Labute approximate surface area is 99.2 Å². The van der Waals surface area contributed by atoms with E-state index in [9.17, 15) is 13.9 Å². The van der Waals surface area contributed by atoms with Gasteiger partial charge < -0.3 is 9.84 Å². The van der Waals surface area contributed by atoms with Crippen molar-refractivity contribution in [2.75, 3.05) is 6.61 Å². The van der Waals surface area contributed by atoms with Gasteiger partial charge in [0.05, 0.1) is 12.2 Å². The highest BCUT2D eigenvalue weighted by Crippen LogP contribution is 2.35. The van der Waals surface area contributed by atoms with E-state index in [1.165, 1.54) is 12.1 Å². The smallest absolute Gasteiger partial charge is 0.131 e. The Morgan fingerprint density at radius 3 is 2.88 bits per heavy atom. The van der Waals surface area contributed by atoms with Crippen molar-refractivity contribution in [2.45, 2.75) is 32.0 Å². The zero-order valence-corrected chi connectivity index (χ0v) is 9.70. The van der Waals surface area contributed by atoms with Gasteiger partial charge in [-0.15, -0.1) is 0 Å². The van der Waals surface area contributed by atoms with Gasteiger partial charge in [-0.05, 0) is 18.9 Å². The second-order valence-electron chi connectivity index (χ2n) is 4.38. The molecule has 3 atom stereocenters. The average Bonchev–Trinajstić information content (AvgIpc) is 2.76. The SMILES string of the molecule is CCC1OCCC1C(O)c1ccc(F)cc1F. The summed E-state index contributed by atoms with van der Waals surface area (Å²) in [7, 11) is 0. The predicted octanol–water partition coefficient (Wildman–Crippen LogP) is 2.81. The molecule has 0 saturated carbocycles. The van der Waals surface area contributed by atoms with Crippen molar-refractivity contribution >= 4 is 0 Å². The molecule has 1 aromatic carbocycles. The molecule has 1 aromatic rings. The molecule has 1 heterocycles. The summed E-state index contributed by atoms with van der Waals surface area (Å²) in [6.45, 7) is 2.56. The van der Waals surface area contributed by atoms with Gasteiger partial charge in [0, 0.05) is 24.2 Å². The highest BCUT2D eigenvalue weighted by molar-refractivity contribution is 5.22. The summed E-state index contributed by atoms with van der Waals surface area (Å²) < 4.78 is 31.8. The average molecular weight is 242 g/mol. The summed E-state index contributed by atoms with van der Waals surface area (Å²) in [6, 6.07) is 3.27. The van der Waals surface area contributed by atoms with E-state index in [1.807, 2.05) is 6.92 Å². The third-order valence-corrected chi connectivity index (χ3v) is 3.35. The number of aliphatic hydroxyl groups excluding tert-OH is 1. The van der Waals surface area contributed by atoms with Gasteiger partial charge >= 0.3 is 0 Å². The Morgan fingerprint density at radius 1 is 1.47 bits per heavy atom. The van der Waals surface area contributed by atoms with Crippen LogP contribution in [0.3, 0.4) is 0 Å². The molecule has 4 heteroatoms. The van der Waals surface area contributed by atoms with Crippen LogP contribution in [0.5, 0.6) is 0 Å². The van der Waals surface area contributed by atoms with Gasteiger partial charge in [0.2, 0.25) is 0 Å². The van der Waals surface area contributed by atoms with Gasteiger partial charge in [-0.2, -0.15) is 0 Å². The van der Waals surface area contributed by atoms with Crippen molar-refractivity contribution < 1.29 is 18.6 Å². The number of ether oxygens (including phenoxy) is 1. The Hall–Kier alpha value is -1.00. The van der Waals surface area contributed by atoms with E-state index in [2.05, 4.69) is 0 Å². The lowest BCUT2D eigenvalue weighted by Gasteiger charge is -2.23. The van der Waals surface area contributed by atoms with Gasteiger partial charge in [0.25, 0.3) is 0 Å². The zero-order chi connectivity index (χ0) is 12.4. The highest BCUT2D eigenvalue weighted by Gasteiger charge is 2.34. The van der Waals surface area contributed by atoms with Crippen LogP contribution >= 0.6 is 0 Å². The van der Waals surface area contributed by atoms with Crippen LogP contribution < -0.4 is 0 Å². The van der Waals surface area contributed by atoms with Crippen molar-refractivity contribution in [3.8, 4) is 0 Å². The number of benzene rings is 1. The number of hydrogen-bond acceptors (Lipinski definition) is 2. The molecule has 0 radical (unpaired) electrons. The molecule has 94 valence electrons. The first kappa shape index (κ1) is 12.5. The molecule has 0 aliphatic carbocycles. The lowest BCUT2D eigenvalue weighted by molar-refractivity contribution is 0.0292. The van der Waals surface area contributed by atoms with E-state index < -0.39 is 17.7 Å². The molecule has 3 unspecified atom stereocenters. The third kappa shape index (κ3) is 2.48. The van der Waals surface area contributed by atoms with Crippen LogP contribution in [0.2, 0.25) is 0 Å². The van der Waals surface area contributed by atoms with Crippen molar-refractivity contribution in [2.24, 2.45) is 5.92 Å². The molecule has 2 nitrogen and oxygen atoms in total. The maximum absolute atomic E-state index is 13.5. The van der Waals surface area contributed by atoms with E-state index in [-0.39, 0.29) is 17.6 Å². The summed E-state index contributed by atoms with van der Waals surface area (Å²) >= 11 is 0. The topological polar surface area (TPSA) is 29.5 Å². The first-order valence-corrected chi connectivity index (χ1v) is 5.88. The Bertz CT molecular complexity index is 395. The van der Waals surface area contributed by atoms with Crippen LogP contribution in [-0.2, 0) is 4.74 Å². The Balaban J connectivity index is 2.21. The highest BCUT2D eigenvalue weighted by atomic mass is 19.1. The second kappa shape index (κ2) is 5.10. The largest absolute Gasteiger partial charge is 0.388 e. The summed E-state index contributed by atoms with van der Waals surface area (Å²) in [4.78, 5) is 0. The van der Waals surface area contributed by atoms with Gasteiger partial charge in [-0.1, -0.05) is 13.0 Å². The van der Waals surface area contributed by atoms with E-state index in [4.69, 9.17) is 4.74 Å². The molecule has 17 heavy (non-hydrogen) atoms. The number of rotatable bonds is 3. The van der Waals surface area contributed by atoms with Gasteiger partial charge in [0.15, 0.2) is 0 Å². The van der Waals surface area contributed by atoms with Crippen LogP contribution in [0.4, 0.5) is 8.78 Å². The van der Waals surface area contributed by atoms with Crippen LogP contribution in [0, 0.1) is 17.6 Å². The fraction of sp³-hybridized carbons (Fsp3) is 0.538. The first-order valence-electron chi connectivity index (χ1n) is 5.88. The quantitative estimate of drug-likeness (QED) is 0.883. The molecular formula is C13H16F2O2. The minimum Gasteiger partial charge on any atom is -0.388 e. The van der Waals surface area contributed by atoms with Gasteiger partial charge in [-0.3, -0.25) is 0 Å². The molecular weight excluding hydrogens is 226 g/mol. The summed E-state index contributed by atoms with van der Waals surface area (Å²) in [5.74, 6) is -1.44. The van der Waals surface area contributed by atoms with Crippen molar-refractivity contribution in [3.05, 3.63) is 35.4 Å². The van der Waals surface area contributed by atoms with E-state index in [1.54, 1.807) is 0 Å². The Morgan fingerprint density at radius 2 is 2.24 bits per heavy atom. The molecule has 0 aromatic heterocycles. The maximum atomic E-state index is 13.5. The van der Waals surface area contributed by atoms with Crippen LogP contribution in [-0.4, -0.2) is 17.8 Å². The van der Waals surface area contributed by atoms with Crippen molar-refractivity contribution in [3.63, 3.8) is 0 Å². The van der Waals surface area contributed by atoms with Crippen molar-refractivity contribution in [1.82, 2.24) is 0 Å². The monoisotopic (exact) mass is 242 g/mol. The summed E-state index contributed by atoms with van der Waals surface area (Å²) in [5.41, 5.74) is 0.153. The van der Waals surface area contributed by atoms with Crippen molar-refractivity contribution in [1.29, 1.82) is 0 Å². The maximum Gasteiger partial charge on any atom is 0.131 e. The lowest BCUT2D eigenvalue weighted by Crippen LogP contribution is -2.22. The summed E-state index contributed by atoms with van der Waals surface area (Å²) in [5, 5.41) is 10.2. The summed E-state index contributed by atoms with van der Waals surface area (Å²) in [6.07, 6.45) is 0.513. The van der Waals surface area contributed by atoms with E-state index in [0.29, 0.717) is 13.0 Å². The molecule has 2 rings (SSSR count). The number of hydrogen-bond donors (Lipinski definition) is 1. The molecule has 0 amide bonds. The predicted molar refractivity (Wildman–Crippen MR) is 59.5 cm³/mol.